The van der Waals surface area contributed by atoms with Crippen molar-refractivity contribution in [3.8, 4) is 0 Å². The molecule has 0 fully saturated rings. The highest BCUT2D eigenvalue weighted by Gasteiger charge is 2.15. The van der Waals surface area contributed by atoms with Crippen molar-refractivity contribution in [3.63, 3.8) is 0 Å². The highest BCUT2D eigenvalue weighted by atomic mass is 35.5. The Hall–Kier alpha value is -2.44. The Morgan fingerprint density at radius 1 is 1.15 bits per heavy atom. The van der Waals surface area contributed by atoms with E-state index in [0.717, 1.165) is 28.3 Å². The van der Waals surface area contributed by atoms with Crippen molar-refractivity contribution in [1.82, 2.24) is 9.78 Å². The number of rotatable bonds is 4. The van der Waals surface area contributed by atoms with Gasteiger partial charge in [-0.3, -0.25) is 4.68 Å². The fourth-order valence-corrected chi connectivity index (χ4v) is 3.31. The van der Waals surface area contributed by atoms with Gasteiger partial charge in [-0.05, 0) is 62.8 Å². The lowest BCUT2D eigenvalue weighted by Gasteiger charge is -2.12. The summed E-state index contributed by atoms with van der Waals surface area (Å²) in [5.74, 6) is -0.346. The third-order valence-electron chi connectivity index (χ3n) is 4.27. The standard InChI is InChI=1S/C20H20ClFN4S/c1-12-6-4-7-15(10-12)23-20(27)24-19-13(2)25-26(14(19)3)11-16-17(21)8-5-9-18(16)22/h4-10H,11H2,1-3H3,(H2,23,24,27). The number of benzene rings is 2. The summed E-state index contributed by atoms with van der Waals surface area (Å²) in [5.41, 5.74) is 4.89. The van der Waals surface area contributed by atoms with Gasteiger partial charge in [0.25, 0.3) is 0 Å². The molecule has 0 spiro atoms. The van der Waals surface area contributed by atoms with Crippen LogP contribution in [0.1, 0.15) is 22.5 Å². The molecule has 2 N–H and O–H groups in total. The summed E-state index contributed by atoms with van der Waals surface area (Å²) < 4.78 is 15.8. The van der Waals surface area contributed by atoms with E-state index in [1.165, 1.54) is 6.07 Å². The molecule has 140 valence electrons. The zero-order valence-electron chi connectivity index (χ0n) is 15.3. The number of hydrogen-bond donors (Lipinski definition) is 2. The van der Waals surface area contributed by atoms with E-state index in [1.807, 2.05) is 45.0 Å². The average Bonchev–Trinajstić information content (AvgIpc) is 2.86. The quantitative estimate of drug-likeness (QED) is 0.569. The molecule has 0 unspecified atom stereocenters. The zero-order valence-corrected chi connectivity index (χ0v) is 16.9. The number of aromatic nitrogens is 2. The van der Waals surface area contributed by atoms with Gasteiger partial charge in [-0.1, -0.05) is 29.8 Å². The number of aryl methyl sites for hydroxylation is 2. The van der Waals surface area contributed by atoms with Gasteiger partial charge in [0, 0.05) is 16.3 Å². The van der Waals surface area contributed by atoms with Gasteiger partial charge in [0.05, 0.1) is 23.6 Å². The summed E-state index contributed by atoms with van der Waals surface area (Å²) in [6, 6.07) is 12.6. The number of nitrogens with one attached hydrogen (secondary N) is 2. The Balaban J connectivity index is 1.78. The Bertz CT molecular complexity index is 979. The van der Waals surface area contributed by atoms with Gasteiger partial charge >= 0.3 is 0 Å². The number of nitrogens with zero attached hydrogens (tertiary/aromatic N) is 2. The fraction of sp³-hybridized carbons (Fsp3) is 0.200. The van der Waals surface area contributed by atoms with Crippen LogP contribution in [0.25, 0.3) is 0 Å². The van der Waals surface area contributed by atoms with Gasteiger partial charge in [-0.25, -0.2) is 4.39 Å². The van der Waals surface area contributed by atoms with Crippen molar-refractivity contribution in [2.75, 3.05) is 10.6 Å². The SMILES string of the molecule is Cc1cccc(NC(=S)Nc2c(C)nn(Cc3c(F)cccc3Cl)c2C)c1. The maximum atomic E-state index is 14.1. The molecule has 0 amide bonds. The minimum absolute atomic E-state index is 0.248. The first kappa shape index (κ1) is 19.3. The van der Waals surface area contributed by atoms with E-state index in [0.29, 0.717) is 15.7 Å². The monoisotopic (exact) mass is 402 g/mol. The van der Waals surface area contributed by atoms with Gasteiger partial charge in [-0.2, -0.15) is 5.10 Å². The smallest absolute Gasteiger partial charge is 0.175 e. The zero-order chi connectivity index (χ0) is 19.6. The molecule has 0 aliphatic rings. The predicted octanol–water partition coefficient (Wildman–Crippen LogP) is 5.46. The van der Waals surface area contributed by atoms with E-state index in [1.54, 1.807) is 16.8 Å². The molecule has 1 aromatic heterocycles. The van der Waals surface area contributed by atoms with Crippen molar-refractivity contribution in [3.05, 3.63) is 75.8 Å². The summed E-state index contributed by atoms with van der Waals surface area (Å²) >= 11 is 11.6. The normalized spacial score (nSPS) is 10.7. The first-order valence-electron chi connectivity index (χ1n) is 8.46. The molecule has 2 aromatic carbocycles. The van der Waals surface area contributed by atoms with Gasteiger partial charge in [0.2, 0.25) is 0 Å². The number of anilines is 2. The lowest BCUT2D eigenvalue weighted by molar-refractivity contribution is 0.579. The van der Waals surface area contributed by atoms with Crippen LogP contribution in [-0.4, -0.2) is 14.9 Å². The van der Waals surface area contributed by atoms with Gasteiger partial charge in [0.1, 0.15) is 5.82 Å². The van der Waals surface area contributed by atoms with Gasteiger partial charge in [0.15, 0.2) is 5.11 Å². The molecule has 3 aromatic rings. The van der Waals surface area contributed by atoms with Crippen LogP contribution in [0.4, 0.5) is 15.8 Å². The minimum Gasteiger partial charge on any atom is -0.332 e. The molecule has 0 bridgehead atoms. The summed E-state index contributed by atoms with van der Waals surface area (Å²) in [6.07, 6.45) is 0. The number of thiocarbonyl (C=S) groups is 1. The Morgan fingerprint density at radius 3 is 2.59 bits per heavy atom. The Kier molecular flexibility index (Phi) is 5.77. The van der Waals surface area contributed by atoms with Gasteiger partial charge < -0.3 is 10.6 Å². The lowest BCUT2D eigenvalue weighted by Crippen LogP contribution is -2.20. The van der Waals surface area contributed by atoms with Crippen LogP contribution in [0.15, 0.2) is 42.5 Å². The van der Waals surface area contributed by atoms with Crippen molar-refractivity contribution >= 4 is 40.3 Å². The molecule has 0 saturated heterocycles. The summed E-state index contributed by atoms with van der Waals surface area (Å²) in [6.45, 7) is 6.06. The highest BCUT2D eigenvalue weighted by Crippen LogP contribution is 2.24. The maximum absolute atomic E-state index is 14.1. The Morgan fingerprint density at radius 2 is 1.89 bits per heavy atom. The van der Waals surface area contributed by atoms with Crippen LogP contribution < -0.4 is 10.6 Å². The molecular formula is C20H20ClFN4S. The Labute approximate surface area is 168 Å². The van der Waals surface area contributed by atoms with Crippen LogP contribution in [0.5, 0.6) is 0 Å². The molecule has 0 aliphatic heterocycles. The number of halogens is 2. The molecule has 3 rings (SSSR count). The predicted molar refractivity (Wildman–Crippen MR) is 113 cm³/mol. The molecule has 0 atom stereocenters. The molecular weight excluding hydrogens is 383 g/mol. The van der Waals surface area contributed by atoms with Crippen LogP contribution in [0.2, 0.25) is 5.02 Å². The minimum atomic E-state index is -0.346. The summed E-state index contributed by atoms with van der Waals surface area (Å²) in [7, 11) is 0. The molecule has 0 saturated carbocycles. The third-order valence-corrected chi connectivity index (χ3v) is 4.82. The van der Waals surface area contributed by atoms with Crippen molar-refractivity contribution in [2.24, 2.45) is 0 Å². The molecule has 7 heteroatoms. The first-order chi connectivity index (χ1) is 12.8. The highest BCUT2D eigenvalue weighted by molar-refractivity contribution is 7.80. The van der Waals surface area contributed by atoms with E-state index < -0.39 is 0 Å². The lowest BCUT2D eigenvalue weighted by atomic mass is 10.2. The van der Waals surface area contributed by atoms with E-state index in [2.05, 4.69) is 15.7 Å². The summed E-state index contributed by atoms with van der Waals surface area (Å²) in [5, 5.41) is 11.7. The van der Waals surface area contributed by atoms with E-state index in [4.69, 9.17) is 23.8 Å². The topological polar surface area (TPSA) is 41.9 Å². The molecule has 27 heavy (non-hydrogen) atoms. The second-order valence-corrected chi connectivity index (χ2v) is 7.17. The van der Waals surface area contributed by atoms with Gasteiger partial charge in [-0.15, -0.1) is 0 Å². The largest absolute Gasteiger partial charge is 0.332 e. The van der Waals surface area contributed by atoms with Crippen molar-refractivity contribution < 1.29 is 4.39 Å². The van der Waals surface area contributed by atoms with Crippen molar-refractivity contribution in [1.29, 1.82) is 0 Å². The van der Waals surface area contributed by atoms with E-state index in [-0.39, 0.29) is 12.4 Å². The van der Waals surface area contributed by atoms with E-state index in [9.17, 15) is 4.39 Å². The second kappa shape index (κ2) is 8.06. The molecule has 1 heterocycles. The average molecular weight is 403 g/mol. The molecule has 0 aliphatic carbocycles. The fourth-order valence-electron chi connectivity index (χ4n) is 2.86. The van der Waals surface area contributed by atoms with Crippen LogP contribution in [0, 0.1) is 26.6 Å². The summed E-state index contributed by atoms with van der Waals surface area (Å²) in [4.78, 5) is 0. The molecule has 4 nitrogen and oxygen atoms in total. The van der Waals surface area contributed by atoms with E-state index >= 15 is 0 Å². The first-order valence-corrected chi connectivity index (χ1v) is 9.25. The number of hydrogen-bond acceptors (Lipinski definition) is 2. The van der Waals surface area contributed by atoms with Crippen LogP contribution in [0.3, 0.4) is 0 Å². The molecule has 0 radical (unpaired) electrons. The van der Waals surface area contributed by atoms with Crippen molar-refractivity contribution in [2.45, 2.75) is 27.3 Å². The third kappa shape index (κ3) is 4.46. The maximum Gasteiger partial charge on any atom is 0.175 e. The van der Waals surface area contributed by atoms with Crippen LogP contribution in [-0.2, 0) is 6.54 Å². The van der Waals surface area contributed by atoms with Crippen LogP contribution >= 0.6 is 23.8 Å². The second-order valence-electron chi connectivity index (χ2n) is 6.35.